The number of hydrogen-bond acceptors (Lipinski definition) is 3. The summed E-state index contributed by atoms with van der Waals surface area (Å²) in [6.45, 7) is 2.85. The van der Waals surface area contributed by atoms with E-state index in [1.807, 2.05) is 47.4 Å². The number of ether oxygens (including phenoxy) is 1. The van der Waals surface area contributed by atoms with Gasteiger partial charge in [-0.15, -0.1) is 0 Å². The molecule has 0 radical (unpaired) electrons. The van der Waals surface area contributed by atoms with Crippen LogP contribution < -0.4 is 14.5 Å². The molecular weight excluding hydrogens is 340 g/mol. The van der Waals surface area contributed by atoms with Crippen molar-refractivity contribution in [1.82, 2.24) is 0 Å². The second kappa shape index (κ2) is 7.43. The van der Waals surface area contributed by atoms with Crippen LogP contribution in [-0.4, -0.2) is 31.0 Å². The SMILES string of the molecule is C[C@@H]1CCc2ccccc2N1C(=O)COc1ccc(N2CCCC2=O)cc1. The molecule has 5 heteroatoms. The van der Waals surface area contributed by atoms with Gasteiger partial charge in [-0.25, -0.2) is 0 Å². The van der Waals surface area contributed by atoms with Gasteiger partial charge in [-0.05, 0) is 62.1 Å². The number of rotatable bonds is 4. The normalized spacial score (nSPS) is 19.1. The summed E-state index contributed by atoms with van der Waals surface area (Å²) in [4.78, 5) is 28.3. The first-order valence-corrected chi connectivity index (χ1v) is 9.56. The lowest BCUT2D eigenvalue weighted by molar-refractivity contribution is -0.121. The van der Waals surface area contributed by atoms with Crippen LogP contribution in [0.15, 0.2) is 48.5 Å². The molecule has 2 aliphatic rings. The Morgan fingerprint density at radius 3 is 2.63 bits per heavy atom. The maximum atomic E-state index is 12.8. The van der Waals surface area contributed by atoms with Crippen LogP contribution in [0.3, 0.4) is 0 Å². The Morgan fingerprint density at radius 1 is 1.11 bits per heavy atom. The second-order valence-corrected chi connectivity index (χ2v) is 7.21. The Labute approximate surface area is 159 Å². The van der Waals surface area contributed by atoms with Crippen LogP contribution in [0, 0.1) is 0 Å². The largest absolute Gasteiger partial charge is 0.484 e. The average molecular weight is 364 g/mol. The van der Waals surface area contributed by atoms with E-state index in [9.17, 15) is 9.59 Å². The fourth-order valence-corrected chi connectivity index (χ4v) is 3.93. The maximum absolute atomic E-state index is 12.8. The van der Waals surface area contributed by atoms with E-state index in [1.165, 1.54) is 5.56 Å². The van der Waals surface area contributed by atoms with E-state index in [-0.39, 0.29) is 24.5 Å². The van der Waals surface area contributed by atoms with Crippen molar-refractivity contribution in [3.8, 4) is 5.75 Å². The molecule has 0 saturated carbocycles. The highest BCUT2D eigenvalue weighted by Crippen LogP contribution is 2.30. The minimum Gasteiger partial charge on any atom is -0.484 e. The highest BCUT2D eigenvalue weighted by molar-refractivity contribution is 5.96. The average Bonchev–Trinajstić information content (AvgIpc) is 3.12. The number of hydrogen-bond donors (Lipinski definition) is 0. The van der Waals surface area contributed by atoms with Crippen molar-refractivity contribution < 1.29 is 14.3 Å². The van der Waals surface area contributed by atoms with Gasteiger partial charge in [0.2, 0.25) is 5.91 Å². The van der Waals surface area contributed by atoms with Crippen LogP contribution in [0.1, 0.15) is 31.7 Å². The molecule has 0 bridgehead atoms. The van der Waals surface area contributed by atoms with E-state index in [4.69, 9.17) is 4.74 Å². The summed E-state index contributed by atoms with van der Waals surface area (Å²) >= 11 is 0. The molecule has 4 rings (SSSR count). The van der Waals surface area contributed by atoms with Gasteiger partial charge >= 0.3 is 0 Å². The first-order chi connectivity index (χ1) is 13.1. The van der Waals surface area contributed by atoms with Crippen molar-refractivity contribution in [3.63, 3.8) is 0 Å². The zero-order valence-corrected chi connectivity index (χ0v) is 15.6. The number of aryl methyl sites for hydroxylation is 1. The maximum Gasteiger partial charge on any atom is 0.265 e. The van der Waals surface area contributed by atoms with Crippen molar-refractivity contribution >= 4 is 23.2 Å². The molecular formula is C22H24N2O3. The Balaban J connectivity index is 1.41. The van der Waals surface area contributed by atoms with E-state index in [0.29, 0.717) is 12.2 Å². The first kappa shape index (κ1) is 17.6. The molecule has 2 heterocycles. The Morgan fingerprint density at radius 2 is 1.89 bits per heavy atom. The number of carbonyl (C=O) groups excluding carboxylic acids is 2. The van der Waals surface area contributed by atoms with Gasteiger partial charge in [0.05, 0.1) is 0 Å². The van der Waals surface area contributed by atoms with Crippen molar-refractivity contribution in [2.24, 2.45) is 0 Å². The van der Waals surface area contributed by atoms with Crippen LogP contribution in [0.2, 0.25) is 0 Å². The van der Waals surface area contributed by atoms with Gasteiger partial charge in [-0.2, -0.15) is 0 Å². The van der Waals surface area contributed by atoms with Crippen LogP contribution in [-0.2, 0) is 16.0 Å². The molecule has 1 atom stereocenters. The summed E-state index contributed by atoms with van der Waals surface area (Å²) in [7, 11) is 0. The Bertz CT molecular complexity index is 847. The zero-order valence-electron chi connectivity index (χ0n) is 15.6. The molecule has 5 nitrogen and oxygen atoms in total. The van der Waals surface area contributed by atoms with Crippen LogP contribution in [0.25, 0.3) is 0 Å². The van der Waals surface area contributed by atoms with Gasteiger partial charge in [0.25, 0.3) is 5.91 Å². The van der Waals surface area contributed by atoms with E-state index < -0.39 is 0 Å². The third-order valence-corrected chi connectivity index (χ3v) is 5.38. The van der Waals surface area contributed by atoms with E-state index in [1.54, 1.807) is 4.90 Å². The van der Waals surface area contributed by atoms with Crippen molar-refractivity contribution in [2.45, 2.75) is 38.6 Å². The smallest absolute Gasteiger partial charge is 0.265 e. The highest BCUT2D eigenvalue weighted by atomic mass is 16.5. The van der Waals surface area contributed by atoms with Crippen LogP contribution in [0.5, 0.6) is 5.75 Å². The first-order valence-electron chi connectivity index (χ1n) is 9.56. The minimum absolute atomic E-state index is 0.000661. The molecule has 0 aliphatic carbocycles. The van der Waals surface area contributed by atoms with E-state index >= 15 is 0 Å². The standard InChI is InChI=1S/C22H24N2O3/c1-16-8-9-17-5-2-3-6-20(17)24(16)22(26)15-27-19-12-10-18(11-13-19)23-14-4-7-21(23)25/h2-3,5-6,10-13,16H,4,7-9,14-15H2,1H3/t16-/m1/s1. The molecule has 0 spiro atoms. The lowest BCUT2D eigenvalue weighted by Crippen LogP contribution is -2.44. The number of amides is 2. The molecule has 2 aromatic carbocycles. The molecule has 0 unspecified atom stereocenters. The molecule has 2 amide bonds. The summed E-state index contributed by atoms with van der Waals surface area (Å²) in [5.41, 5.74) is 3.09. The van der Waals surface area contributed by atoms with E-state index in [2.05, 4.69) is 13.0 Å². The minimum atomic E-state index is -0.0338. The molecule has 2 aliphatic heterocycles. The molecule has 27 heavy (non-hydrogen) atoms. The van der Waals surface area contributed by atoms with Crippen molar-refractivity contribution in [2.75, 3.05) is 23.0 Å². The fraction of sp³-hybridized carbons (Fsp3) is 0.364. The lowest BCUT2D eigenvalue weighted by Gasteiger charge is -2.35. The number of benzene rings is 2. The number of fused-ring (bicyclic) bond motifs is 1. The number of anilines is 2. The lowest BCUT2D eigenvalue weighted by atomic mass is 9.96. The quantitative estimate of drug-likeness (QED) is 0.833. The predicted molar refractivity (Wildman–Crippen MR) is 105 cm³/mol. The molecule has 0 aromatic heterocycles. The van der Waals surface area contributed by atoms with Crippen LogP contribution in [0.4, 0.5) is 11.4 Å². The molecule has 1 saturated heterocycles. The van der Waals surface area contributed by atoms with Gasteiger partial charge < -0.3 is 14.5 Å². The van der Waals surface area contributed by atoms with Crippen LogP contribution >= 0.6 is 0 Å². The number of nitrogens with zero attached hydrogens (tertiary/aromatic N) is 2. The van der Waals surface area contributed by atoms with Gasteiger partial charge in [-0.1, -0.05) is 18.2 Å². The number of carbonyl (C=O) groups is 2. The van der Waals surface area contributed by atoms with Gasteiger partial charge in [0.15, 0.2) is 6.61 Å². The molecule has 0 N–H and O–H groups in total. The summed E-state index contributed by atoms with van der Waals surface area (Å²) in [5, 5.41) is 0. The third kappa shape index (κ3) is 3.54. The number of para-hydroxylation sites is 1. The third-order valence-electron chi connectivity index (χ3n) is 5.38. The summed E-state index contributed by atoms with van der Waals surface area (Å²) in [6.07, 6.45) is 3.48. The monoisotopic (exact) mass is 364 g/mol. The van der Waals surface area contributed by atoms with Crippen molar-refractivity contribution in [3.05, 3.63) is 54.1 Å². The summed E-state index contributed by atoms with van der Waals surface area (Å²) in [5.74, 6) is 0.765. The molecule has 1 fully saturated rings. The molecule has 140 valence electrons. The van der Waals surface area contributed by atoms with Crippen molar-refractivity contribution in [1.29, 1.82) is 0 Å². The fourth-order valence-electron chi connectivity index (χ4n) is 3.93. The summed E-state index contributed by atoms with van der Waals surface area (Å²) in [6, 6.07) is 15.6. The van der Waals surface area contributed by atoms with Gasteiger partial charge in [0, 0.05) is 30.4 Å². The zero-order chi connectivity index (χ0) is 18.8. The van der Waals surface area contributed by atoms with Gasteiger partial charge in [0.1, 0.15) is 5.75 Å². The summed E-state index contributed by atoms with van der Waals surface area (Å²) < 4.78 is 5.73. The Hall–Kier alpha value is -2.82. The van der Waals surface area contributed by atoms with Gasteiger partial charge in [-0.3, -0.25) is 9.59 Å². The molecule has 2 aromatic rings. The highest BCUT2D eigenvalue weighted by Gasteiger charge is 2.28. The topological polar surface area (TPSA) is 49.9 Å². The van der Waals surface area contributed by atoms with E-state index in [0.717, 1.165) is 37.2 Å². The predicted octanol–water partition coefficient (Wildman–Crippen LogP) is 3.56. The second-order valence-electron chi connectivity index (χ2n) is 7.21. The Kier molecular flexibility index (Phi) is 4.84.